The minimum atomic E-state index is -0.776. The smallest absolute Gasteiger partial charge is 0.306 e. The van der Waals surface area contributed by atoms with Gasteiger partial charge in [-0.25, -0.2) is 0 Å². The van der Waals surface area contributed by atoms with E-state index in [1.54, 1.807) is 0 Å². The highest BCUT2D eigenvalue weighted by molar-refractivity contribution is 5.71. The second-order valence-corrected chi connectivity index (χ2v) is 23.4. The lowest BCUT2D eigenvalue weighted by molar-refractivity contribution is -0.167. The van der Waals surface area contributed by atoms with Crippen molar-refractivity contribution in [2.45, 2.75) is 386 Å². The van der Waals surface area contributed by atoms with Crippen LogP contribution in [0.3, 0.4) is 0 Å². The highest BCUT2D eigenvalue weighted by Gasteiger charge is 2.19. The molecule has 0 aromatic heterocycles. The topological polar surface area (TPSA) is 78.9 Å². The van der Waals surface area contributed by atoms with Crippen molar-refractivity contribution in [3.05, 3.63) is 36.5 Å². The van der Waals surface area contributed by atoms with E-state index >= 15 is 0 Å². The van der Waals surface area contributed by atoms with Crippen molar-refractivity contribution in [1.82, 2.24) is 0 Å². The standard InChI is InChI=1S/C71H132O6/c1-4-7-10-13-16-19-22-25-27-29-30-31-32-33-34-35-36-37-38-39-40-41-42-43-45-46-49-52-55-58-61-64-70(73)76-67-68(66-75-69(72)63-60-57-54-51-48-24-21-18-15-12-9-6-3)77-71(74)65-62-59-56-53-50-47-44-28-26-23-20-17-14-11-8-5-2/h20,23,28-30,44,68H,4-19,21-22,24-27,31-43,45-67H2,1-3H3/b23-20-,30-29-,44-28-. The molecular weight excluding hydrogens is 949 g/mol. The van der Waals surface area contributed by atoms with Crippen LogP contribution in [0.15, 0.2) is 36.5 Å². The summed E-state index contributed by atoms with van der Waals surface area (Å²) in [6.07, 6.45) is 81.8. The lowest BCUT2D eigenvalue weighted by Crippen LogP contribution is -2.30. The molecule has 0 N–H and O–H groups in total. The average Bonchev–Trinajstić information content (AvgIpc) is 3.43. The zero-order chi connectivity index (χ0) is 55.7. The number of allylic oxidation sites excluding steroid dienone is 6. The van der Waals surface area contributed by atoms with Crippen LogP contribution < -0.4 is 0 Å². The van der Waals surface area contributed by atoms with Crippen LogP contribution in [0.25, 0.3) is 0 Å². The molecule has 0 saturated heterocycles. The maximum absolute atomic E-state index is 12.9. The van der Waals surface area contributed by atoms with Gasteiger partial charge in [0.25, 0.3) is 0 Å². The van der Waals surface area contributed by atoms with Crippen LogP contribution in [0.1, 0.15) is 380 Å². The molecule has 0 aliphatic rings. The fraction of sp³-hybridized carbons (Fsp3) is 0.873. The van der Waals surface area contributed by atoms with Gasteiger partial charge in [-0.1, -0.05) is 320 Å². The van der Waals surface area contributed by atoms with E-state index in [-0.39, 0.29) is 31.1 Å². The van der Waals surface area contributed by atoms with Gasteiger partial charge < -0.3 is 14.2 Å². The van der Waals surface area contributed by atoms with Crippen molar-refractivity contribution < 1.29 is 28.6 Å². The van der Waals surface area contributed by atoms with Crippen LogP contribution in [0.2, 0.25) is 0 Å². The van der Waals surface area contributed by atoms with Crippen LogP contribution >= 0.6 is 0 Å². The van der Waals surface area contributed by atoms with Crippen LogP contribution in [0, 0.1) is 0 Å². The quantitative estimate of drug-likeness (QED) is 0.0261. The van der Waals surface area contributed by atoms with Gasteiger partial charge in [0.15, 0.2) is 6.10 Å². The largest absolute Gasteiger partial charge is 0.462 e. The molecule has 0 bridgehead atoms. The van der Waals surface area contributed by atoms with Crippen LogP contribution in [-0.4, -0.2) is 37.2 Å². The molecular formula is C71H132O6. The summed E-state index contributed by atoms with van der Waals surface area (Å²) in [7, 11) is 0. The molecule has 0 amide bonds. The molecule has 6 nitrogen and oxygen atoms in total. The lowest BCUT2D eigenvalue weighted by Gasteiger charge is -2.18. The third-order valence-corrected chi connectivity index (χ3v) is 15.6. The Balaban J connectivity index is 4.12. The van der Waals surface area contributed by atoms with Gasteiger partial charge in [0.1, 0.15) is 13.2 Å². The number of rotatable bonds is 64. The molecule has 0 aliphatic carbocycles. The zero-order valence-corrected chi connectivity index (χ0v) is 52.0. The van der Waals surface area contributed by atoms with Crippen molar-refractivity contribution >= 4 is 17.9 Å². The van der Waals surface area contributed by atoms with E-state index in [1.165, 1.54) is 263 Å². The highest BCUT2D eigenvalue weighted by atomic mass is 16.6. The summed E-state index contributed by atoms with van der Waals surface area (Å²) in [6, 6.07) is 0. The zero-order valence-electron chi connectivity index (χ0n) is 52.0. The summed E-state index contributed by atoms with van der Waals surface area (Å²) in [4.78, 5) is 38.3. The molecule has 452 valence electrons. The first-order valence-corrected chi connectivity index (χ1v) is 34.5. The molecule has 0 spiro atoms. The Labute approximate surface area is 480 Å². The Morgan fingerprint density at radius 1 is 0.260 bits per heavy atom. The monoisotopic (exact) mass is 1080 g/mol. The normalized spacial score (nSPS) is 12.2. The van der Waals surface area contributed by atoms with Gasteiger partial charge in [0.05, 0.1) is 0 Å². The first-order chi connectivity index (χ1) is 38.0. The van der Waals surface area contributed by atoms with E-state index in [2.05, 4.69) is 57.2 Å². The molecule has 0 radical (unpaired) electrons. The molecule has 6 heteroatoms. The molecule has 0 aromatic rings. The summed E-state index contributed by atoms with van der Waals surface area (Å²) in [5.74, 6) is -0.862. The second-order valence-electron chi connectivity index (χ2n) is 23.4. The first-order valence-electron chi connectivity index (χ1n) is 34.5. The highest BCUT2D eigenvalue weighted by Crippen LogP contribution is 2.18. The van der Waals surface area contributed by atoms with Crippen LogP contribution in [-0.2, 0) is 28.6 Å². The van der Waals surface area contributed by atoms with Crippen molar-refractivity contribution in [2.24, 2.45) is 0 Å². The van der Waals surface area contributed by atoms with Gasteiger partial charge in [-0.15, -0.1) is 0 Å². The van der Waals surface area contributed by atoms with Gasteiger partial charge in [-0.3, -0.25) is 14.4 Å². The minimum absolute atomic E-state index is 0.0726. The van der Waals surface area contributed by atoms with Gasteiger partial charge in [0, 0.05) is 19.3 Å². The first kappa shape index (κ1) is 74.6. The third-order valence-electron chi connectivity index (χ3n) is 15.6. The number of hydrogen-bond donors (Lipinski definition) is 0. The maximum Gasteiger partial charge on any atom is 0.306 e. The number of esters is 3. The molecule has 0 saturated carbocycles. The summed E-state index contributed by atoms with van der Waals surface area (Å²) in [5, 5.41) is 0. The van der Waals surface area contributed by atoms with E-state index in [0.29, 0.717) is 19.3 Å². The van der Waals surface area contributed by atoms with Crippen LogP contribution in [0.5, 0.6) is 0 Å². The Morgan fingerprint density at radius 2 is 0.468 bits per heavy atom. The molecule has 77 heavy (non-hydrogen) atoms. The van der Waals surface area contributed by atoms with Gasteiger partial charge in [-0.2, -0.15) is 0 Å². The molecule has 0 rings (SSSR count). The molecule has 0 fully saturated rings. The maximum atomic E-state index is 12.9. The Kier molecular flexibility index (Phi) is 64.1. The second kappa shape index (κ2) is 66.1. The van der Waals surface area contributed by atoms with E-state index in [4.69, 9.17) is 14.2 Å². The number of carbonyl (C=O) groups is 3. The average molecular weight is 1080 g/mol. The van der Waals surface area contributed by atoms with Gasteiger partial charge in [0.2, 0.25) is 0 Å². The number of carbonyl (C=O) groups excluding carboxylic acids is 3. The SMILES string of the molecule is CCCCCC/C=C\C/C=C\CCCCCCCC(=O)OC(COC(=O)CCCCCCCCCCCCCC)COC(=O)CCCCCCCCCCCCCCCCCCCCC/C=C\CCCCCCCCCC. The van der Waals surface area contributed by atoms with Gasteiger partial charge in [-0.05, 0) is 77.0 Å². The Hall–Kier alpha value is -2.37. The minimum Gasteiger partial charge on any atom is -0.462 e. The predicted molar refractivity (Wildman–Crippen MR) is 335 cm³/mol. The van der Waals surface area contributed by atoms with Crippen LogP contribution in [0.4, 0.5) is 0 Å². The van der Waals surface area contributed by atoms with E-state index in [1.807, 2.05) is 0 Å². The van der Waals surface area contributed by atoms with Gasteiger partial charge >= 0.3 is 17.9 Å². The third kappa shape index (κ3) is 64.3. The number of ether oxygens (including phenoxy) is 3. The summed E-state index contributed by atoms with van der Waals surface area (Å²) >= 11 is 0. The van der Waals surface area contributed by atoms with Crippen molar-refractivity contribution in [3.63, 3.8) is 0 Å². The molecule has 0 aliphatic heterocycles. The predicted octanol–water partition coefficient (Wildman–Crippen LogP) is 23.6. The van der Waals surface area contributed by atoms with E-state index in [9.17, 15) is 14.4 Å². The summed E-state index contributed by atoms with van der Waals surface area (Å²) in [5.41, 5.74) is 0. The summed E-state index contributed by atoms with van der Waals surface area (Å²) < 4.78 is 16.9. The molecule has 1 atom stereocenters. The van der Waals surface area contributed by atoms with Crippen molar-refractivity contribution in [2.75, 3.05) is 13.2 Å². The Bertz CT molecular complexity index is 1290. The fourth-order valence-corrected chi connectivity index (χ4v) is 10.4. The van der Waals surface area contributed by atoms with Crippen molar-refractivity contribution in [3.8, 4) is 0 Å². The molecule has 0 aromatic carbocycles. The molecule has 1 unspecified atom stereocenters. The van der Waals surface area contributed by atoms with Crippen molar-refractivity contribution in [1.29, 1.82) is 0 Å². The molecule has 0 heterocycles. The van der Waals surface area contributed by atoms with E-state index < -0.39 is 6.10 Å². The Morgan fingerprint density at radius 3 is 0.740 bits per heavy atom. The fourth-order valence-electron chi connectivity index (χ4n) is 10.4. The lowest BCUT2D eigenvalue weighted by atomic mass is 10.0. The number of hydrogen-bond acceptors (Lipinski definition) is 6. The van der Waals surface area contributed by atoms with E-state index in [0.717, 1.165) is 77.0 Å². The summed E-state index contributed by atoms with van der Waals surface area (Å²) in [6.45, 7) is 6.67. The number of unbranched alkanes of at least 4 members (excludes halogenated alkanes) is 47.